The number of hydrogen-bond donors (Lipinski definition) is 3. The number of guanidine groups is 1. The predicted molar refractivity (Wildman–Crippen MR) is 119 cm³/mol. The Hall–Kier alpha value is -0.870. The molecule has 6 nitrogen and oxygen atoms in total. The molecule has 0 atom stereocenters. The molecule has 0 spiro atoms. The van der Waals surface area contributed by atoms with E-state index in [0.29, 0.717) is 12.5 Å². The van der Waals surface area contributed by atoms with Gasteiger partial charge in [-0.25, -0.2) is 13.1 Å². The van der Waals surface area contributed by atoms with Crippen LogP contribution in [-0.2, 0) is 15.4 Å². The summed E-state index contributed by atoms with van der Waals surface area (Å²) in [7, 11) is -3.26. The minimum atomic E-state index is -3.26. The van der Waals surface area contributed by atoms with Gasteiger partial charge in [-0.15, -0.1) is 24.0 Å². The molecule has 1 fully saturated rings. The molecule has 26 heavy (non-hydrogen) atoms. The number of rotatable bonds is 8. The minimum absolute atomic E-state index is 0. The summed E-state index contributed by atoms with van der Waals surface area (Å²) in [5, 5.41) is 6.65. The Morgan fingerprint density at radius 2 is 1.81 bits per heavy atom. The van der Waals surface area contributed by atoms with Crippen molar-refractivity contribution in [2.75, 3.05) is 25.9 Å². The predicted octanol–water partition coefficient (Wildman–Crippen LogP) is 2.22. The van der Waals surface area contributed by atoms with E-state index < -0.39 is 15.6 Å². The Bertz CT molecular complexity index is 701. The molecule has 1 aromatic carbocycles. The summed E-state index contributed by atoms with van der Waals surface area (Å²) in [5.41, 5.74) is 0.919. The van der Waals surface area contributed by atoms with Gasteiger partial charge in [0.15, 0.2) is 5.96 Å². The third-order valence-corrected chi connectivity index (χ3v) is 5.20. The molecule has 1 aliphatic carbocycles. The van der Waals surface area contributed by atoms with Gasteiger partial charge in [0.25, 0.3) is 0 Å². The minimum Gasteiger partial charge on any atom is -0.357 e. The fraction of sp³-hybridized carbons (Fsp3) is 0.611. The van der Waals surface area contributed by atoms with E-state index in [9.17, 15) is 8.42 Å². The fourth-order valence-electron chi connectivity index (χ4n) is 2.92. The first kappa shape index (κ1) is 23.2. The Morgan fingerprint density at radius 1 is 1.19 bits per heavy atom. The van der Waals surface area contributed by atoms with Crippen LogP contribution >= 0.6 is 24.0 Å². The third kappa shape index (κ3) is 7.40. The number of nitrogens with zero attached hydrogens (tertiary/aromatic N) is 1. The standard InChI is InChI=1S/C18H30N4O2S.HI/c1-5-19-16(20-13-17(2,3)22-25(4,23)24)21-14-18(11-12-18)15-9-7-6-8-10-15;/h6-10,22H,5,11-14H2,1-4H3,(H2,19,20,21);1H. The summed E-state index contributed by atoms with van der Waals surface area (Å²) < 4.78 is 25.5. The first-order chi connectivity index (χ1) is 11.7. The van der Waals surface area contributed by atoms with Gasteiger partial charge in [-0.05, 0) is 39.2 Å². The summed E-state index contributed by atoms with van der Waals surface area (Å²) in [4.78, 5) is 4.56. The largest absolute Gasteiger partial charge is 0.357 e. The highest BCUT2D eigenvalue weighted by molar-refractivity contribution is 14.0. The third-order valence-electron chi connectivity index (χ3n) is 4.27. The average Bonchev–Trinajstić information content (AvgIpc) is 3.30. The average molecular weight is 494 g/mol. The number of nitrogens with one attached hydrogen (secondary N) is 3. The van der Waals surface area contributed by atoms with Gasteiger partial charge in [-0.1, -0.05) is 30.3 Å². The zero-order valence-electron chi connectivity index (χ0n) is 16.0. The summed E-state index contributed by atoms with van der Waals surface area (Å²) in [6, 6.07) is 10.5. The van der Waals surface area contributed by atoms with E-state index >= 15 is 0 Å². The van der Waals surface area contributed by atoms with E-state index in [4.69, 9.17) is 0 Å². The molecular weight excluding hydrogens is 463 g/mol. The first-order valence-electron chi connectivity index (χ1n) is 8.72. The molecule has 0 aliphatic heterocycles. The lowest BCUT2D eigenvalue weighted by atomic mass is 9.96. The van der Waals surface area contributed by atoms with Crippen molar-refractivity contribution < 1.29 is 8.42 Å². The van der Waals surface area contributed by atoms with Crippen LogP contribution in [0.3, 0.4) is 0 Å². The molecule has 0 bridgehead atoms. The van der Waals surface area contributed by atoms with E-state index in [2.05, 4.69) is 44.6 Å². The van der Waals surface area contributed by atoms with Crippen LogP contribution in [0.5, 0.6) is 0 Å². The van der Waals surface area contributed by atoms with E-state index in [-0.39, 0.29) is 29.4 Å². The topological polar surface area (TPSA) is 82.6 Å². The van der Waals surface area contributed by atoms with Gasteiger partial charge in [0.05, 0.1) is 12.8 Å². The molecule has 1 aromatic rings. The van der Waals surface area contributed by atoms with Gasteiger partial charge in [0.1, 0.15) is 0 Å². The second kappa shape index (κ2) is 9.36. The lowest BCUT2D eigenvalue weighted by Crippen LogP contribution is -2.47. The highest BCUT2D eigenvalue weighted by Gasteiger charge is 2.44. The monoisotopic (exact) mass is 494 g/mol. The maximum Gasteiger partial charge on any atom is 0.209 e. The lowest BCUT2D eigenvalue weighted by Gasteiger charge is -2.24. The van der Waals surface area contributed by atoms with E-state index in [1.54, 1.807) is 0 Å². The molecule has 0 unspecified atom stereocenters. The molecule has 1 aliphatic rings. The van der Waals surface area contributed by atoms with Crippen LogP contribution in [0.15, 0.2) is 35.3 Å². The summed E-state index contributed by atoms with van der Waals surface area (Å²) in [6.07, 6.45) is 3.51. The number of halogens is 1. The zero-order chi connectivity index (χ0) is 18.6. The molecule has 8 heteroatoms. The second-order valence-electron chi connectivity index (χ2n) is 7.45. The van der Waals surface area contributed by atoms with Crippen molar-refractivity contribution in [1.82, 2.24) is 15.4 Å². The maximum atomic E-state index is 11.4. The quantitative estimate of drug-likeness (QED) is 0.294. The van der Waals surface area contributed by atoms with Crippen molar-refractivity contribution >= 4 is 40.0 Å². The van der Waals surface area contributed by atoms with Crippen molar-refractivity contribution in [1.29, 1.82) is 0 Å². The molecule has 0 heterocycles. The van der Waals surface area contributed by atoms with Gasteiger partial charge >= 0.3 is 0 Å². The van der Waals surface area contributed by atoms with Gasteiger partial charge in [-0.3, -0.25) is 4.99 Å². The van der Waals surface area contributed by atoms with Gasteiger partial charge in [0.2, 0.25) is 10.0 Å². The van der Waals surface area contributed by atoms with Crippen molar-refractivity contribution in [3.8, 4) is 0 Å². The molecular formula is C18H31IN4O2S. The Labute approximate surface area is 174 Å². The Balaban J connectivity index is 0.00000338. The second-order valence-corrected chi connectivity index (χ2v) is 9.20. The van der Waals surface area contributed by atoms with Gasteiger partial charge in [0, 0.05) is 24.0 Å². The van der Waals surface area contributed by atoms with Crippen LogP contribution in [0.25, 0.3) is 0 Å². The van der Waals surface area contributed by atoms with Crippen LogP contribution < -0.4 is 15.4 Å². The normalized spacial score (nSPS) is 16.5. The van der Waals surface area contributed by atoms with Crippen LogP contribution in [0.4, 0.5) is 0 Å². The highest BCUT2D eigenvalue weighted by atomic mass is 127. The van der Waals surface area contributed by atoms with Crippen LogP contribution in [0, 0.1) is 0 Å². The molecule has 148 valence electrons. The zero-order valence-corrected chi connectivity index (χ0v) is 19.1. The van der Waals surface area contributed by atoms with E-state index in [1.165, 1.54) is 24.7 Å². The molecule has 0 saturated heterocycles. The molecule has 0 aromatic heterocycles. The van der Waals surface area contributed by atoms with E-state index in [0.717, 1.165) is 13.1 Å². The van der Waals surface area contributed by atoms with Crippen molar-refractivity contribution in [2.24, 2.45) is 4.99 Å². The van der Waals surface area contributed by atoms with Gasteiger partial charge < -0.3 is 10.6 Å². The Morgan fingerprint density at radius 3 is 2.31 bits per heavy atom. The molecule has 1 saturated carbocycles. The molecule has 0 radical (unpaired) electrons. The summed E-state index contributed by atoms with van der Waals surface area (Å²) >= 11 is 0. The molecule has 0 amide bonds. The van der Waals surface area contributed by atoms with Crippen LogP contribution in [-0.4, -0.2) is 45.8 Å². The first-order valence-corrected chi connectivity index (χ1v) is 10.6. The number of aliphatic imine (C=N–C) groups is 1. The van der Waals surface area contributed by atoms with E-state index in [1.807, 2.05) is 26.8 Å². The smallest absolute Gasteiger partial charge is 0.209 e. The highest BCUT2D eigenvalue weighted by Crippen LogP contribution is 2.47. The number of hydrogen-bond acceptors (Lipinski definition) is 3. The summed E-state index contributed by atoms with van der Waals surface area (Å²) in [5.74, 6) is 0.716. The summed E-state index contributed by atoms with van der Waals surface area (Å²) in [6.45, 7) is 7.60. The Kier molecular flexibility index (Phi) is 8.34. The van der Waals surface area contributed by atoms with Crippen LogP contribution in [0.2, 0.25) is 0 Å². The maximum absolute atomic E-state index is 11.4. The molecule has 2 rings (SSSR count). The van der Waals surface area contributed by atoms with Gasteiger partial charge in [-0.2, -0.15) is 0 Å². The van der Waals surface area contributed by atoms with Crippen molar-refractivity contribution in [3.05, 3.63) is 35.9 Å². The number of benzene rings is 1. The fourth-order valence-corrected chi connectivity index (χ4v) is 3.98. The SMILES string of the molecule is CCNC(=NCC(C)(C)NS(C)(=O)=O)NCC1(c2ccccc2)CC1.I. The molecule has 3 N–H and O–H groups in total. The lowest BCUT2D eigenvalue weighted by molar-refractivity contribution is 0.464. The van der Waals surface area contributed by atoms with Crippen molar-refractivity contribution in [2.45, 2.75) is 44.6 Å². The van der Waals surface area contributed by atoms with Crippen molar-refractivity contribution in [3.63, 3.8) is 0 Å². The van der Waals surface area contributed by atoms with Crippen LogP contribution in [0.1, 0.15) is 39.2 Å². The number of sulfonamides is 1.